The first-order valence-electron chi connectivity index (χ1n) is 7.73. The molecule has 1 fully saturated rings. The normalized spacial score (nSPS) is 17.6. The molecule has 2 aromatic rings. The summed E-state index contributed by atoms with van der Waals surface area (Å²) in [5, 5.41) is 7.20. The van der Waals surface area contributed by atoms with E-state index in [1.807, 2.05) is 18.3 Å². The molecule has 1 aliphatic heterocycles. The third-order valence-corrected chi connectivity index (χ3v) is 4.54. The lowest BCUT2D eigenvalue weighted by Crippen LogP contribution is -2.48. The van der Waals surface area contributed by atoms with E-state index < -0.39 is 0 Å². The smallest absolute Gasteiger partial charge is 0.238 e. The van der Waals surface area contributed by atoms with E-state index in [1.165, 1.54) is 0 Å². The molecule has 0 spiro atoms. The Balaban J connectivity index is 0.00000225. The van der Waals surface area contributed by atoms with E-state index >= 15 is 0 Å². The Hall–Kier alpha value is -1.37. The number of amides is 1. The Morgan fingerprint density at radius 2 is 2.20 bits per heavy atom. The molecule has 8 heteroatoms. The number of carbonyl (C=O) groups is 1. The molecule has 2 N–H and O–H groups in total. The molecule has 1 unspecified atom stereocenters. The Bertz CT molecular complexity index is 714. The van der Waals surface area contributed by atoms with Gasteiger partial charge in [0, 0.05) is 43.1 Å². The molecule has 3 rings (SSSR count). The molecule has 1 aromatic carbocycles. The highest BCUT2D eigenvalue weighted by Gasteiger charge is 2.25. The van der Waals surface area contributed by atoms with Crippen molar-refractivity contribution in [2.45, 2.75) is 6.04 Å². The average molecular weight is 402 g/mol. The number of piperazine rings is 1. The summed E-state index contributed by atoms with van der Waals surface area (Å²) in [4.78, 5) is 18.7. The fourth-order valence-electron chi connectivity index (χ4n) is 2.80. The molecule has 1 saturated heterocycles. The van der Waals surface area contributed by atoms with Gasteiger partial charge in [-0.1, -0.05) is 29.3 Å². The van der Waals surface area contributed by atoms with Crippen LogP contribution in [0, 0.1) is 0 Å². The molecule has 1 atom stereocenters. The van der Waals surface area contributed by atoms with E-state index in [0.29, 0.717) is 15.7 Å². The van der Waals surface area contributed by atoms with Gasteiger partial charge in [-0.15, -0.1) is 12.4 Å². The van der Waals surface area contributed by atoms with Crippen LogP contribution in [0.2, 0.25) is 10.0 Å². The lowest BCUT2D eigenvalue weighted by atomic mass is 10.1. The molecule has 5 nitrogen and oxygen atoms in total. The van der Waals surface area contributed by atoms with Gasteiger partial charge < -0.3 is 10.6 Å². The van der Waals surface area contributed by atoms with Gasteiger partial charge in [-0.2, -0.15) is 0 Å². The molecule has 0 radical (unpaired) electrons. The second kappa shape index (κ2) is 9.36. The van der Waals surface area contributed by atoms with Crippen molar-refractivity contribution < 1.29 is 4.79 Å². The summed E-state index contributed by atoms with van der Waals surface area (Å²) < 4.78 is 0. The second-order valence-corrected chi connectivity index (χ2v) is 6.49. The number of hydrogen-bond acceptors (Lipinski definition) is 4. The summed E-state index contributed by atoms with van der Waals surface area (Å²) in [5.41, 5.74) is 1.63. The molecule has 1 amide bonds. The van der Waals surface area contributed by atoms with Gasteiger partial charge in [0.2, 0.25) is 5.91 Å². The number of benzene rings is 1. The number of anilines is 1. The summed E-state index contributed by atoms with van der Waals surface area (Å²) in [6, 6.07) is 9.07. The average Bonchev–Trinajstić information content (AvgIpc) is 2.59. The van der Waals surface area contributed by atoms with Crippen LogP contribution >= 0.6 is 35.6 Å². The fourth-order valence-corrected chi connectivity index (χ4v) is 3.14. The summed E-state index contributed by atoms with van der Waals surface area (Å²) >= 11 is 12.1. The molecule has 0 aliphatic carbocycles. The Labute approximate surface area is 163 Å². The Morgan fingerprint density at radius 1 is 1.36 bits per heavy atom. The van der Waals surface area contributed by atoms with E-state index in [-0.39, 0.29) is 30.9 Å². The van der Waals surface area contributed by atoms with E-state index in [4.69, 9.17) is 23.2 Å². The van der Waals surface area contributed by atoms with Crippen LogP contribution in [0.3, 0.4) is 0 Å². The zero-order valence-corrected chi connectivity index (χ0v) is 15.7. The Morgan fingerprint density at radius 3 is 2.96 bits per heavy atom. The van der Waals surface area contributed by atoms with Crippen molar-refractivity contribution in [3.63, 3.8) is 0 Å². The van der Waals surface area contributed by atoms with Crippen molar-refractivity contribution in [1.29, 1.82) is 0 Å². The van der Waals surface area contributed by atoms with Crippen molar-refractivity contribution in [3.8, 4) is 0 Å². The number of nitrogens with one attached hydrogen (secondary N) is 2. The van der Waals surface area contributed by atoms with Gasteiger partial charge in [0.25, 0.3) is 0 Å². The van der Waals surface area contributed by atoms with Gasteiger partial charge in [-0.25, -0.2) is 0 Å². The quantitative estimate of drug-likeness (QED) is 0.824. The topological polar surface area (TPSA) is 57.3 Å². The molecule has 25 heavy (non-hydrogen) atoms. The van der Waals surface area contributed by atoms with E-state index in [2.05, 4.69) is 20.5 Å². The monoisotopic (exact) mass is 400 g/mol. The van der Waals surface area contributed by atoms with E-state index in [9.17, 15) is 4.79 Å². The highest BCUT2D eigenvalue weighted by atomic mass is 35.5. The van der Waals surface area contributed by atoms with E-state index in [0.717, 1.165) is 25.2 Å². The van der Waals surface area contributed by atoms with Crippen LogP contribution in [0.5, 0.6) is 0 Å². The molecular weight excluding hydrogens is 383 g/mol. The number of hydrogen-bond donors (Lipinski definition) is 2. The number of carbonyl (C=O) groups excluding carboxylic acids is 1. The fraction of sp³-hybridized carbons (Fsp3) is 0.294. The first kappa shape index (κ1) is 19.9. The zero-order chi connectivity index (χ0) is 16.9. The van der Waals surface area contributed by atoms with Gasteiger partial charge in [0.1, 0.15) is 0 Å². The van der Waals surface area contributed by atoms with Gasteiger partial charge in [0.15, 0.2) is 0 Å². The second-order valence-electron chi connectivity index (χ2n) is 5.65. The molecule has 0 bridgehead atoms. The highest BCUT2D eigenvalue weighted by Crippen LogP contribution is 2.26. The molecule has 1 aliphatic rings. The SMILES string of the molecule is Cl.O=C(CN1CCNCC1c1cccnc1)Nc1cc(Cl)ccc1Cl. The van der Waals surface area contributed by atoms with Crippen molar-refractivity contribution in [2.24, 2.45) is 0 Å². The summed E-state index contributed by atoms with van der Waals surface area (Å²) in [6.45, 7) is 2.71. The molecule has 1 aromatic heterocycles. The molecular formula is C17H19Cl3N4O. The Kier molecular flexibility index (Phi) is 7.47. The number of pyridine rings is 1. The third kappa shape index (κ3) is 5.30. The molecule has 2 heterocycles. The predicted molar refractivity (Wildman–Crippen MR) is 104 cm³/mol. The number of nitrogens with zero attached hydrogens (tertiary/aromatic N) is 2. The van der Waals surface area contributed by atoms with Gasteiger partial charge in [0.05, 0.1) is 17.3 Å². The van der Waals surface area contributed by atoms with Crippen LogP contribution in [0.15, 0.2) is 42.7 Å². The van der Waals surface area contributed by atoms with Gasteiger partial charge >= 0.3 is 0 Å². The standard InChI is InChI=1S/C17H18Cl2N4O.ClH/c18-13-3-4-14(19)15(8-13)22-17(24)11-23-7-6-21-10-16(23)12-2-1-5-20-9-12;/h1-5,8-9,16,21H,6-7,10-11H2,(H,22,24);1H. The van der Waals surface area contributed by atoms with Crippen molar-refractivity contribution >= 4 is 47.2 Å². The summed E-state index contributed by atoms with van der Waals surface area (Å²) in [5.74, 6) is -0.116. The minimum Gasteiger partial charge on any atom is -0.324 e. The highest BCUT2D eigenvalue weighted by molar-refractivity contribution is 6.35. The van der Waals surface area contributed by atoms with Crippen molar-refractivity contribution in [1.82, 2.24) is 15.2 Å². The van der Waals surface area contributed by atoms with Crippen LogP contribution in [0.1, 0.15) is 11.6 Å². The number of halogens is 3. The lowest BCUT2D eigenvalue weighted by molar-refractivity contribution is -0.118. The first-order valence-corrected chi connectivity index (χ1v) is 8.48. The minimum absolute atomic E-state index is 0. The molecule has 134 valence electrons. The maximum atomic E-state index is 12.4. The van der Waals surface area contributed by atoms with Crippen LogP contribution in [-0.2, 0) is 4.79 Å². The minimum atomic E-state index is -0.116. The largest absolute Gasteiger partial charge is 0.324 e. The summed E-state index contributed by atoms with van der Waals surface area (Å²) in [7, 11) is 0. The van der Waals surface area contributed by atoms with Crippen molar-refractivity contribution in [3.05, 3.63) is 58.3 Å². The predicted octanol–water partition coefficient (Wildman–Crippen LogP) is 3.40. The van der Waals surface area contributed by atoms with Crippen LogP contribution in [-0.4, -0.2) is 42.0 Å². The zero-order valence-electron chi connectivity index (χ0n) is 13.4. The van der Waals surface area contributed by atoms with Gasteiger partial charge in [-0.3, -0.25) is 14.7 Å². The van der Waals surface area contributed by atoms with Crippen LogP contribution in [0.4, 0.5) is 5.69 Å². The van der Waals surface area contributed by atoms with Gasteiger partial charge in [-0.05, 0) is 29.8 Å². The lowest BCUT2D eigenvalue weighted by Gasteiger charge is -2.35. The first-order chi connectivity index (χ1) is 11.6. The van der Waals surface area contributed by atoms with Crippen molar-refractivity contribution in [2.75, 3.05) is 31.5 Å². The number of aromatic nitrogens is 1. The van der Waals surface area contributed by atoms with Crippen LogP contribution < -0.4 is 10.6 Å². The maximum absolute atomic E-state index is 12.4. The van der Waals surface area contributed by atoms with E-state index in [1.54, 1.807) is 24.4 Å². The number of rotatable bonds is 4. The third-order valence-electron chi connectivity index (χ3n) is 3.97. The molecule has 0 saturated carbocycles. The summed E-state index contributed by atoms with van der Waals surface area (Å²) in [6.07, 6.45) is 3.59. The van der Waals surface area contributed by atoms with Crippen LogP contribution in [0.25, 0.3) is 0 Å². The maximum Gasteiger partial charge on any atom is 0.238 e.